The van der Waals surface area contributed by atoms with Crippen molar-refractivity contribution in [2.45, 2.75) is 52.5 Å². The number of fused-ring (bicyclic) bond motifs is 4. The molecule has 3 aliphatic rings. The van der Waals surface area contributed by atoms with Gasteiger partial charge in [-0.05, 0) is 67.6 Å². The maximum Gasteiger partial charge on any atom is 0.455 e. The van der Waals surface area contributed by atoms with Crippen LogP contribution in [0, 0.1) is 29.5 Å². The largest absolute Gasteiger partial charge is 0.505 e. The summed E-state index contributed by atoms with van der Waals surface area (Å²) in [5.74, 6) is -2.00. The number of Topliss-reactive ketones (excluding diaryl/α,β-unsaturated/α-hetero) is 2. The molecule has 0 amide bonds. The molecule has 0 unspecified atom stereocenters. The van der Waals surface area contributed by atoms with Crippen LogP contribution in [0.4, 0.5) is 4.39 Å². The molecule has 1 fully saturated rings. The van der Waals surface area contributed by atoms with E-state index < -0.39 is 24.8 Å². The van der Waals surface area contributed by atoms with Crippen LogP contribution in [0.25, 0.3) is 6.08 Å². The number of allylic oxidation sites excluding steroid dienone is 2. The first-order valence-corrected chi connectivity index (χ1v) is 13.0. The number of carbonyl (C=O) groups is 2. The molecule has 5 rings (SSSR count). The SMILES string of the molecule is C/C(=C\c1ccc(O)c(F)c1)CC[C@H]1OB(O)C[C@H]2C1=C(C(C)C)C[C@H]1C(=O)c3ccccc3C(=O)[C@H]12. The molecule has 192 valence electrons. The lowest BCUT2D eigenvalue weighted by Gasteiger charge is -2.48. The number of benzene rings is 2. The fraction of sp³-hybridized carbons (Fsp3) is 0.400. The third kappa shape index (κ3) is 4.71. The van der Waals surface area contributed by atoms with Crippen molar-refractivity contribution >= 4 is 24.8 Å². The first-order valence-electron chi connectivity index (χ1n) is 13.0. The predicted octanol–water partition coefficient (Wildman–Crippen LogP) is 5.88. The van der Waals surface area contributed by atoms with Crippen LogP contribution in [0.5, 0.6) is 5.75 Å². The van der Waals surface area contributed by atoms with E-state index in [0.29, 0.717) is 42.3 Å². The van der Waals surface area contributed by atoms with Gasteiger partial charge in [-0.3, -0.25) is 9.59 Å². The minimum Gasteiger partial charge on any atom is -0.505 e. The summed E-state index contributed by atoms with van der Waals surface area (Å²) in [5, 5.41) is 20.2. The summed E-state index contributed by atoms with van der Waals surface area (Å²) in [5.41, 5.74) is 4.89. The highest BCUT2D eigenvalue weighted by Crippen LogP contribution is 2.52. The molecular weight excluding hydrogens is 470 g/mol. The molecule has 0 spiro atoms. The Kier molecular flexibility index (Phi) is 6.94. The van der Waals surface area contributed by atoms with Crippen LogP contribution in [0.2, 0.25) is 6.32 Å². The van der Waals surface area contributed by atoms with Gasteiger partial charge in [-0.25, -0.2) is 4.39 Å². The van der Waals surface area contributed by atoms with E-state index >= 15 is 0 Å². The van der Waals surface area contributed by atoms with Crippen LogP contribution in [0.1, 0.15) is 66.3 Å². The van der Waals surface area contributed by atoms with Crippen molar-refractivity contribution in [3.05, 3.63) is 81.7 Å². The molecule has 0 bridgehead atoms. The Morgan fingerprint density at radius 3 is 2.51 bits per heavy atom. The van der Waals surface area contributed by atoms with Crippen LogP contribution in [-0.4, -0.2) is 34.9 Å². The molecule has 2 aromatic rings. The lowest BCUT2D eigenvalue weighted by atomic mass is 9.53. The number of ketones is 2. The molecule has 1 aliphatic heterocycles. The van der Waals surface area contributed by atoms with Crippen LogP contribution < -0.4 is 0 Å². The van der Waals surface area contributed by atoms with Crippen molar-refractivity contribution in [1.82, 2.24) is 0 Å². The van der Waals surface area contributed by atoms with Crippen LogP contribution in [0.3, 0.4) is 0 Å². The third-order valence-electron chi connectivity index (χ3n) is 8.18. The molecule has 7 heteroatoms. The topological polar surface area (TPSA) is 83.8 Å². The van der Waals surface area contributed by atoms with E-state index in [1.165, 1.54) is 12.1 Å². The minimum atomic E-state index is -1.01. The second-order valence-electron chi connectivity index (χ2n) is 10.9. The fourth-order valence-corrected chi connectivity index (χ4v) is 6.48. The highest BCUT2D eigenvalue weighted by atomic mass is 19.1. The van der Waals surface area contributed by atoms with E-state index in [1.54, 1.807) is 30.3 Å². The van der Waals surface area contributed by atoms with E-state index in [-0.39, 0.29) is 35.3 Å². The number of phenolic OH excluding ortho intramolecular Hbond substituents is 1. The molecule has 0 radical (unpaired) electrons. The lowest BCUT2D eigenvalue weighted by Crippen LogP contribution is -2.51. The molecule has 37 heavy (non-hydrogen) atoms. The number of aromatic hydroxyl groups is 1. The van der Waals surface area contributed by atoms with Gasteiger partial charge in [0.05, 0.1) is 6.10 Å². The summed E-state index contributed by atoms with van der Waals surface area (Å²) in [6.45, 7) is 6.17. The number of carbonyl (C=O) groups excluding carboxylic acids is 2. The molecule has 0 saturated carbocycles. The highest BCUT2D eigenvalue weighted by Gasteiger charge is 2.53. The number of hydrogen-bond donors (Lipinski definition) is 2. The zero-order valence-corrected chi connectivity index (χ0v) is 21.4. The first kappa shape index (κ1) is 25.6. The van der Waals surface area contributed by atoms with Gasteiger partial charge in [0.15, 0.2) is 23.1 Å². The molecule has 2 aliphatic carbocycles. The predicted molar refractivity (Wildman–Crippen MR) is 141 cm³/mol. The van der Waals surface area contributed by atoms with Gasteiger partial charge in [-0.15, -0.1) is 0 Å². The molecule has 4 atom stereocenters. The van der Waals surface area contributed by atoms with Crippen LogP contribution in [0.15, 0.2) is 59.2 Å². The monoisotopic (exact) mass is 502 g/mol. The Labute approximate surface area is 217 Å². The molecule has 0 aromatic heterocycles. The van der Waals surface area contributed by atoms with Crippen molar-refractivity contribution in [3.8, 4) is 5.75 Å². The first-order chi connectivity index (χ1) is 17.7. The summed E-state index contributed by atoms with van der Waals surface area (Å²) in [6.07, 6.45) is 3.57. The second kappa shape index (κ2) is 10.0. The maximum absolute atomic E-state index is 13.8. The minimum absolute atomic E-state index is 0.0104. The van der Waals surface area contributed by atoms with E-state index in [4.69, 9.17) is 4.65 Å². The summed E-state index contributed by atoms with van der Waals surface area (Å²) >= 11 is 0. The summed E-state index contributed by atoms with van der Waals surface area (Å²) in [6, 6.07) is 11.4. The van der Waals surface area contributed by atoms with Gasteiger partial charge in [0.2, 0.25) is 0 Å². The summed E-state index contributed by atoms with van der Waals surface area (Å²) in [4.78, 5) is 27.2. The second-order valence-corrected chi connectivity index (χ2v) is 10.9. The standard InChI is InChI=1S/C30H32BFO5/c1-16(2)21-14-22-28(30(35)20-7-5-4-6-19(20)29(22)34)23-15-31(36)37-26(27(21)23)11-8-17(3)12-18-9-10-25(33)24(32)13-18/h4-7,9-10,12-13,16,22-23,26,28,33,36H,8,11,14-15H2,1-3H3/b17-12+/t22-,23+,26-,28-/m1/s1. The van der Waals surface area contributed by atoms with Crippen LogP contribution in [-0.2, 0) is 4.65 Å². The molecule has 2 aromatic carbocycles. The molecular formula is C30H32BFO5. The van der Waals surface area contributed by atoms with Gasteiger partial charge in [-0.1, -0.05) is 61.4 Å². The van der Waals surface area contributed by atoms with Gasteiger partial charge in [0.1, 0.15) is 0 Å². The van der Waals surface area contributed by atoms with Crippen molar-refractivity contribution in [3.63, 3.8) is 0 Å². The number of rotatable bonds is 5. The Morgan fingerprint density at radius 1 is 1.14 bits per heavy atom. The Morgan fingerprint density at radius 2 is 1.84 bits per heavy atom. The normalized spacial score (nSPS) is 25.8. The van der Waals surface area contributed by atoms with Crippen LogP contribution >= 0.6 is 0 Å². The third-order valence-corrected chi connectivity index (χ3v) is 8.18. The smallest absolute Gasteiger partial charge is 0.455 e. The zero-order valence-electron chi connectivity index (χ0n) is 21.4. The molecule has 1 heterocycles. The zero-order chi connectivity index (χ0) is 26.4. The quantitative estimate of drug-likeness (QED) is 0.394. The lowest BCUT2D eigenvalue weighted by molar-refractivity contribution is 0.0593. The summed E-state index contributed by atoms with van der Waals surface area (Å²) in [7, 11) is -1.01. The van der Waals surface area contributed by atoms with E-state index in [2.05, 4.69) is 13.8 Å². The Balaban J connectivity index is 1.46. The fourth-order valence-electron chi connectivity index (χ4n) is 6.48. The summed E-state index contributed by atoms with van der Waals surface area (Å²) < 4.78 is 19.8. The molecule has 2 N–H and O–H groups in total. The molecule has 5 nitrogen and oxygen atoms in total. The van der Waals surface area contributed by atoms with Crippen molar-refractivity contribution in [2.75, 3.05) is 0 Å². The van der Waals surface area contributed by atoms with Crippen molar-refractivity contribution in [2.24, 2.45) is 23.7 Å². The van der Waals surface area contributed by atoms with Gasteiger partial charge in [-0.2, -0.15) is 0 Å². The van der Waals surface area contributed by atoms with Gasteiger partial charge in [0.25, 0.3) is 0 Å². The van der Waals surface area contributed by atoms with Crippen molar-refractivity contribution in [1.29, 1.82) is 0 Å². The van der Waals surface area contributed by atoms with Gasteiger partial charge in [0, 0.05) is 23.0 Å². The average molecular weight is 502 g/mol. The number of phenols is 1. The highest BCUT2D eigenvalue weighted by molar-refractivity contribution is 6.43. The molecule has 1 saturated heterocycles. The maximum atomic E-state index is 13.8. The number of hydrogen-bond acceptors (Lipinski definition) is 5. The Bertz CT molecular complexity index is 1310. The Hall–Kier alpha value is -3.03. The van der Waals surface area contributed by atoms with Crippen molar-refractivity contribution < 1.29 is 28.8 Å². The van der Waals surface area contributed by atoms with E-state index in [1.807, 2.05) is 13.0 Å². The van der Waals surface area contributed by atoms with Gasteiger partial charge >= 0.3 is 7.12 Å². The van der Waals surface area contributed by atoms with E-state index in [0.717, 1.165) is 16.7 Å². The van der Waals surface area contributed by atoms with Gasteiger partial charge < -0.3 is 14.8 Å². The average Bonchev–Trinajstić information content (AvgIpc) is 2.87. The number of halogens is 1. The van der Waals surface area contributed by atoms with E-state index in [9.17, 15) is 24.1 Å².